The second-order valence-electron chi connectivity index (χ2n) is 5.42. The molecule has 1 atom stereocenters. The second kappa shape index (κ2) is 6.97. The van der Waals surface area contributed by atoms with Crippen LogP contribution in [0.25, 0.3) is 0 Å². The Morgan fingerprint density at radius 1 is 1.47 bits per heavy atom. The predicted molar refractivity (Wildman–Crippen MR) is 70.9 cm³/mol. The molecule has 0 aromatic heterocycles. The summed E-state index contributed by atoms with van der Waals surface area (Å²) < 4.78 is 0. The smallest absolute Gasteiger partial charge is 0.226 e. The molecule has 1 rings (SSSR count). The van der Waals surface area contributed by atoms with Crippen LogP contribution >= 0.6 is 0 Å². The van der Waals surface area contributed by atoms with Crippen molar-refractivity contribution in [1.29, 1.82) is 0 Å². The average molecular weight is 241 g/mol. The van der Waals surface area contributed by atoms with Crippen LogP contribution in [0.2, 0.25) is 0 Å². The summed E-state index contributed by atoms with van der Waals surface area (Å²) in [6.45, 7) is 6.00. The Hall–Kier alpha value is -0.610. The summed E-state index contributed by atoms with van der Waals surface area (Å²) >= 11 is 0. The van der Waals surface area contributed by atoms with E-state index < -0.39 is 0 Å². The first-order chi connectivity index (χ1) is 8.04. The van der Waals surface area contributed by atoms with Gasteiger partial charge in [-0.05, 0) is 45.9 Å². The van der Waals surface area contributed by atoms with Crippen molar-refractivity contribution >= 4 is 5.91 Å². The first-order valence-electron chi connectivity index (χ1n) is 6.62. The van der Waals surface area contributed by atoms with Gasteiger partial charge < -0.3 is 15.1 Å². The minimum absolute atomic E-state index is 0.0799. The first kappa shape index (κ1) is 14.5. The molecule has 0 aliphatic carbocycles. The van der Waals surface area contributed by atoms with E-state index in [0.29, 0.717) is 5.92 Å². The van der Waals surface area contributed by atoms with Crippen LogP contribution in [-0.4, -0.2) is 63.0 Å². The van der Waals surface area contributed by atoms with E-state index in [1.807, 2.05) is 25.9 Å². The lowest BCUT2D eigenvalue weighted by Crippen LogP contribution is -2.41. The van der Waals surface area contributed by atoms with Crippen LogP contribution in [0.4, 0.5) is 0 Å². The highest BCUT2D eigenvalue weighted by molar-refractivity contribution is 5.78. The van der Waals surface area contributed by atoms with Crippen LogP contribution in [0.1, 0.15) is 19.8 Å². The Morgan fingerprint density at radius 2 is 2.06 bits per heavy atom. The van der Waals surface area contributed by atoms with Gasteiger partial charge in [0, 0.05) is 26.1 Å². The lowest BCUT2D eigenvalue weighted by Gasteiger charge is -2.32. The highest BCUT2D eigenvalue weighted by Crippen LogP contribution is 2.17. The molecule has 1 amide bonds. The van der Waals surface area contributed by atoms with E-state index in [1.165, 1.54) is 25.9 Å². The van der Waals surface area contributed by atoms with Gasteiger partial charge in [0.25, 0.3) is 0 Å². The minimum Gasteiger partial charge on any atom is -0.345 e. The van der Waals surface area contributed by atoms with Crippen LogP contribution in [-0.2, 0) is 4.79 Å². The molecule has 1 aliphatic rings. The number of hydrogen-bond donors (Lipinski definition) is 1. The summed E-state index contributed by atoms with van der Waals surface area (Å²) in [6, 6.07) is 0. The molecule has 0 saturated carbocycles. The molecule has 1 fully saturated rings. The van der Waals surface area contributed by atoms with Gasteiger partial charge in [0.1, 0.15) is 0 Å². The summed E-state index contributed by atoms with van der Waals surface area (Å²) in [5.74, 6) is 1.02. The normalized spacial score (nSPS) is 20.2. The zero-order chi connectivity index (χ0) is 12.8. The molecule has 0 bridgehead atoms. The van der Waals surface area contributed by atoms with Crippen molar-refractivity contribution in [3.8, 4) is 0 Å². The number of hydrogen-bond acceptors (Lipinski definition) is 3. The third kappa shape index (κ3) is 4.64. The maximum atomic E-state index is 12.0. The third-order valence-corrected chi connectivity index (χ3v) is 3.68. The van der Waals surface area contributed by atoms with Crippen LogP contribution in [0, 0.1) is 11.8 Å². The van der Waals surface area contributed by atoms with Crippen LogP contribution < -0.4 is 5.32 Å². The first-order valence-corrected chi connectivity index (χ1v) is 6.62. The summed E-state index contributed by atoms with van der Waals surface area (Å²) in [7, 11) is 5.99. The van der Waals surface area contributed by atoms with Gasteiger partial charge in [-0.2, -0.15) is 0 Å². The highest BCUT2D eigenvalue weighted by Gasteiger charge is 2.22. The number of piperidine rings is 1. The number of nitrogens with one attached hydrogen (secondary N) is 1. The van der Waals surface area contributed by atoms with E-state index in [0.717, 1.165) is 13.1 Å². The van der Waals surface area contributed by atoms with Gasteiger partial charge in [0.15, 0.2) is 0 Å². The zero-order valence-electron chi connectivity index (χ0n) is 11.7. The molecule has 1 unspecified atom stereocenters. The quantitative estimate of drug-likeness (QED) is 0.767. The molecule has 0 aromatic carbocycles. The summed E-state index contributed by atoms with van der Waals surface area (Å²) in [5, 5.41) is 3.06. The fraction of sp³-hybridized carbons (Fsp3) is 0.923. The zero-order valence-corrected chi connectivity index (χ0v) is 11.7. The average Bonchev–Trinajstić information content (AvgIpc) is 2.31. The molecule has 17 heavy (non-hydrogen) atoms. The maximum Gasteiger partial charge on any atom is 0.226 e. The lowest BCUT2D eigenvalue weighted by atomic mass is 9.96. The van der Waals surface area contributed by atoms with Crippen LogP contribution in [0.15, 0.2) is 0 Å². The van der Waals surface area contributed by atoms with Gasteiger partial charge in [-0.25, -0.2) is 0 Å². The molecule has 4 heteroatoms. The monoisotopic (exact) mass is 241 g/mol. The van der Waals surface area contributed by atoms with Crippen molar-refractivity contribution in [2.75, 3.05) is 47.3 Å². The molecule has 1 heterocycles. The van der Waals surface area contributed by atoms with E-state index in [2.05, 4.69) is 17.3 Å². The van der Waals surface area contributed by atoms with Crippen LogP contribution in [0.3, 0.4) is 0 Å². The number of carbonyl (C=O) groups is 1. The van der Waals surface area contributed by atoms with E-state index in [4.69, 9.17) is 0 Å². The summed E-state index contributed by atoms with van der Waals surface area (Å²) in [4.78, 5) is 16.3. The molecule has 4 nitrogen and oxygen atoms in total. The van der Waals surface area contributed by atoms with Crippen molar-refractivity contribution in [1.82, 2.24) is 15.1 Å². The van der Waals surface area contributed by atoms with E-state index >= 15 is 0 Å². The molecule has 0 aromatic rings. The number of amides is 1. The molecule has 1 saturated heterocycles. The maximum absolute atomic E-state index is 12.0. The summed E-state index contributed by atoms with van der Waals surface area (Å²) in [5.41, 5.74) is 0. The fourth-order valence-electron chi connectivity index (χ4n) is 2.49. The standard InChI is InChI=1S/C13H27N3O/c1-11(9-14-2)13(17)16(4)10-12-5-7-15(3)8-6-12/h11-12,14H,5-10H2,1-4H3. The lowest BCUT2D eigenvalue weighted by molar-refractivity contribution is -0.134. The number of nitrogens with zero attached hydrogens (tertiary/aromatic N) is 2. The predicted octanol–water partition coefficient (Wildman–Crippen LogP) is 0.642. The van der Waals surface area contributed by atoms with E-state index in [9.17, 15) is 4.79 Å². The Morgan fingerprint density at radius 3 is 2.59 bits per heavy atom. The van der Waals surface area contributed by atoms with E-state index in [1.54, 1.807) is 0 Å². The van der Waals surface area contributed by atoms with Crippen molar-refractivity contribution in [3.05, 3.63) is 0 Å². The number of likely N-dealkylation sites (tertiary alicyclic amines) is 1. The Bertz CT molecular complexity index is 237. The van der Waals surface area contributed by atoms with Crippen molar-refractivity contribution < 1.29 is 4.79 Å². The van der Waals surface area contributed by atoms with Crippen molar-refractivity contribution in [3.63, 3.8) is 0 Å². The largest absolute Gasteiger partial charge is 0.345 e. The molecule has 0 spiro atoms. The molecule has 1 aliphatic heterocycles. The Labute approximate surface area is 105 Å². The number of carbonyl (C=O) groups excluding carboxylic acids is 1. The molecule has 1 N–H and O–H groups in total. The highest BCUT2D eigenvalue weighted by atomic mass is 16.2. The van der Waals surface area contributed by atoms with E-state index in [-0.39, 0.29) is 11.8 Å². The van der Waals surface area contributed by atoms with Crippen molar-refractivity contribution in [2.24, 2.45) is 11.8 Å². The second-order valence-corrected chi connectivity index (χ2v) is 5.42. The van der Waals surface area contributed by atoms with Gasteiger partial charge in [0.05, 0.1) is 0 Å². The SMILES string of the molecule is CNCC(C)C(=O)N(C)CC1CCN(C)CC1. The Kier molecular flexibility index (Phi) is 5.92. The van der Waals surface area contributed by atoms with Gasteiger partial charge in [0.2, 0.25) is 5.91 Å². The molecule has 0 radical (unpaired) electrons. The number of rotatable bonds is 5. The van der Waals surface area contributed by atoms with Gasteiger partial charge in [-0.15, -0.1) is 0 Å². The third-order valence-electron chi connectivity index (χ3n) is 3.68. The van der Waals surface area contributed by atoms with Crippen molar-refractivity contribution in [2.45, 2.75) is 19.8 Å². The van der Waals surface area contributed by atoms with Gasteiger partial charge in [-0.3, -0.25) is 4.79 Å². The van der Waals surface area contributed by atoms with Gasteiger partial charge in [-0.1, -0.05) is 6.92 Å². The minimum atomic E-state index is 0.0799. The topological polar surface area (TPSA) is 35.6 Å². The molecule has 100 valence electrons. The van der Waals surface area contributed by atoms with Gasteiger partial charge >= 0.3 is 0 Å². The molecular weight excluding hydrogens is 214 g/mol. The fourth-order valence-corrected chi connectivity index (χ4v) is 2.49. The Balaban J connectivity index is 2.32. The molecular formula is C13H27N3O. The van der Waals surface area contributed by atoms with Crippen LogP contribution in [0.5, 0.6) is 0 Å². The summed E-state index contributed by atoms with van der Waals surface area (Å²) in [6.07, 6.45) is 2.43.